The lowest BCUT2D eigenvalue weighted by atomic mass is 9.98. The van der Waals surface area contributed by atoms with E-state index in [1.54, 1.807) is 17.8 Å². The number of carbonyl (C=O) groups is 1. The summed E-state index contributed by atoms with van der Waals surface area (Å²) in [6, 6.07) is 7.15. The average Bonchev–Trinajstić information content (AvgIpc) is 3.34. The molecule has 10 heteroatoms. The molecule has 0 radical (unpaired) electrons. The summed E-state index contributed by atoms with van der Waals surface area (Å²) in [7, 11) is 2.04. The van der Waals surface area contributed by atoms with Crippen molar-refractivity contribution in [3.05, 3.63) is 54.1 Å². The zero-order chi connectivity index (χ0) is 26.6. The highest BCUT2D eigenvalue weighted by atomic mass is 32.2. The van der Waals surface area contributed by atoms with Crippen LogP contribution in [0.3, 0.4) is 0 Å². The third-order valence-electron chi connectivity index (χ3n) is 7.04. The number of likely N-dealkylation sites (tertiary alicyclic amines) is 1. The molecule has 7 nitrogen and oxygen atoms in total. The van der Waals surface area contributed by atoms with E-state index in [9.17, 15) is 4.79 Å². The molecule has 0 spiro atoms. The summed E-state index contributed by atoms with van der Waals surface area (Å²) in [5.74, 6) is -0.580. The second-order valence-electron chi connectivity index (χ2n) is 9.55. The highest BCUT2D eigenvalue weighted by Crippen LogP contribution is 2.42. The van der Waals surface area contributed by atoms with Gasteiger partial charge in [0, 0.05) is 35.0 Å². The fourth-order valence-corrected chi connectivity index (χ4v) is 6.18. The molecule has 0 bridgehead atoms. The Balaban J connectivity index is 1.54. The Kier molecular flexibility index (Phi) is 8.09. The number of nitrogens with one attached hydrogen (secondary N) is 2. The maximum absolute atomic E-state index is 16.2. The van der Waals surface area contributed by atoms with Gasteiger partial charge in [0.1, 0.15) is 23.8 Å². The third kappa shape index (κ3) is 5.47. The molecule has 1 atom stereocenters. The average molecular weight is 540 g/mol. The zero-order valence-corrected chi connectivity index (χ0v) is 22.2. The number of thioether (sulfide) groups is 1. The first-order chi connectivity index (χ1) is 18.5. The number of benzene rings is 2. The number of rotatable bonds is 9. The van der Waals surface area contributed by atoms with E-state index in [1.165, 1.54) is 12.1 Å². The van der Waals surface area contributed by atoms with Crippen molar-refractivity contribution in [1.29, 1.82) is 0 Å². The molecule has 38 heavy (non-hydrogen) atoms. The number of hydrogen-bond acceptors (Lipinski definition) is 7. The van der Waals surface area contributed by atoms with Crippen molar-refractivity contribution < 1.29 is 18.3 Å². The molecule has 1 saturated heterocycles. The number of amides is 1. The fourth-order valence-electron chi connectivity index (χ4n) is 5.01. The van der Waals surface area contributed by atoms with E-state index >= 15 is 8.78 Å². The number of fused-ring (bicyclic) bond motifs is 2. The van der Waals surface area contributed by atoms with Crippen LogP contribution in [0.15, 0.2) is 41.8 Å². The van der Waals surface area contributed by atoms with Gasteiger partial charge in [-0.25, -0.2) is 8.78 Å². The van der Waals surface area contributed by atoms with Crippen LogP contribution in [0, 0.1) is 11.6 Å². The van der Waals surface area contributed by atoms with Gasteiger partial charge in [0.25, 0.3) is 0 Å². The lowest BCUT2D eigenvalue weighted by molar-refractivity contribution is -0.116. The Hall–Kier alpha value is -3.24. The van der Waals surface area contributed by atoms with Gasteiger partial charge in [-0.1, -0.05) is 24.8 Å². The van der Waals surface area contributed by atoms with Crippen molar-refractivity contribution in [1.82, 2.24) is 20.2 Å². The first-order valence-electron chi connectivity index (χ1n) is 12.9. The number of hydrogen-bond donors (Lipinski definition) is 2. The Morgan fingerprint density at radius 3 is 2.95 bits per heavy atom. The summed E-state index contributed by atoms with van der Waals surface area (Å²) in [4.78, 5) is 23.5. The quantitative estimate of drug-likeness (QED) is 0.299. The normalized spacial score (nSPS) is 17.3. The fraction of sp³-hybridized carbons (Fsp3) is 0.393. The van der Waals surface area contributed by atoms with Crippen LogP contribution in [-0.2, 0) is 11.2 Å². The minimum atomic E-state index is -0.743. The molecular formula is C28H31F2N5O2S. The monoisotopic (exact) mass is 539 g/mol. The molecule has 2 aliphatic heterocycles. The van der Waals surface area contributed by atoms with Gasteiger partial charge in [-0.2, -0.15) is 9.97 Å². The summed E-state index contributed by atoms with van der Waals surface area (Å²) in [5, 5.41) is 5.95. The molecule has 1 fully saturated rings. The van der Waals surface area contributed by atoms with Crippen molar-refractivity contribution in [3.63, 3.8) is 0 Å². The molecule has 1 amide bonds. The summed E-state index contributed by atoms with van der Waals surface area (Å²) < 4.78 is 37.7. The van der Waals surface area contributed by atoms with Gasteiger partial charge in [0.05, 0.1) is 5.56 Å². The van der Waals surface area contributed by atoms with Crippen LogP contribution in [0.25, 0.3) is 22.0 Å². The molecule has 2 N–H and O–H groups in total. The second-order valence-corrected chi connectivity index (χ2v) is 10.7. The third-order valence-corrected chi connectivity index (χ3v) is 8.31. The van der Waals surface area contributed by atoms with Crippen LogP contribution in [0.4, 0.5) is 14.6 Å². The molecule has 5 rings (SSSR count). The molecule has 0 saturated carbocycles. The number of aromatic nitrogens is 2. The van der Waals surface area contributed by atoms with Gasteiger partial charge in [-0.15, -0.1) is 11.8 Å². The maximum atomic E-state index is 16.2. The smallest absolute Gasteiger partial charge is 0.319 e. The molecule has 0 aliphatic carbocycles. The van der Waals surface area contributed by atoms with Crippen molar-refractivity contribution >= 4 is 34.4 Å². The van der Waals surface area contributed by atoms with E-state index in [4.69, 9.17) is 4.74 Å². The molecule has 3 heterocycles. The van der Waals surface area contributed by atoms with Gasteiger partial charge < -0.3 is 20.3 Å². The largest absolute Gasteiger partial charge is 0.462 e. The SMILES string of the molecule is C=CC(=O)NCCNc1nc(OC[C@@H]2CCCN2C)nc2c(F)c(-c3cccc4c3SCCC4)c(F)cc12. The first-order valence-corrected chi connectivity index (χ1v) is 13.9. The maximum Gasteiger partial charge on any atom is 0.319 e. The number of ether oxygens (including phenoxy) is 1. The minimum Gasteiger partial charge on any atom is -0.462 e. The van der Waals surface area contributed by atoms with E-state index in [0.717, 1.165) is 48.4 Å². The van der Waals surface area contributed by atoms with Crippen LogP contribution in [0.1, 0.15) is 24.8 Å². The van der Waals surface area contributed by atoms with Crippen LogP contribution in [0.2, 0.25) is 0 Å². The van der Waals surface area contributed by atoms with E-state index in [0.29, 0.717) is 12.2 Å². The van der Waals surface area contributed by atoms with Crippen molar-refractivity contribution in [3.8, 4) is 17.1 Å². The topological polar surface area (TPSA) is 79.4 Å². The molecular weight excluding hydrogens is 508 g/mol. The van der Waals surface area contributed by atoms with E-state index < -0.39 is 11.6 Å². The van der Waals surface area contributed by atoms with Gasteiger partial charge in [-0.3, -0.25) is 4.79 Å². The first kappa shape index (κ1) is 26.4. The molecule has 2 aliphatic rings. The molecule has 1 aromatic heterocycles. The summed E-state index contributed by atoms with van der Waals surface area (Å²) in [6.45, 7) is 5.35. The number of nitrogens with zero attached hydrogens (tertiary/aromatic N) is 3. The summed E-state index contributed by atoms with van der Waals surface area (Å²) in [6.07, 6.45) is 5.19. The summed E-state index contributed by atoms with van der Waals surface area (Å²) >= 11 is 1.63. The van der Waals surface area contributed by atoms with Crippen molar-refractivity contribution in [2.45, 2.75) is 36.6 Å². The molecule has 200 valence electrons. The highest BCUT2D eigenvalue weighted by Gasteiger charge is 2.26. The standard InChI is InChI=1S/C28H31F2N5O2S/c1-3-22(36)31-11-12-32-27-20-15-21(29)23(19-10-4-7-17-8-6-14-38-26(17)19)24(30)25(20)33-28(34-27)37-16-18-9-5-13-35(18)2/h3-4,7,10,15,18H,1,5-6,8-9,11-14,16H2,2H3,(H,31,36)(H,32,33,34)/t18-/m0/s1. The molecule has 0 unspecified atom stereocenters. The highest BCUT2D eigenvalue weighted by molar-refractivity contribution is 7.99. The Labute approximate surface area is 225 Å². The lowest BCUT2D eigenvalue weighted by Crippen LogP contribution is -2.31. The minimum absolute atomic E-state index is 0.0118. The van der Waals surface area contributed by atoms with Crippen LogP contribution < -0.4 is 15.4 Å². The number of carbonyl (C=O) groups excluding carboxylic acids is 1. The van der Waals surface area contributed by atoms with E-state index in [-0.39, 0.29) is 53.3 Å². The van der Waals surface area contributed by atoms with Gasteiger partial charge in [0.15, 0.2) is 5.82 Å². The lowest BCUT2D eigenvalue weighted by Gasteiger charge is -2.21. The van der Waals surface area contributed by atoms with Crippen LogP contribution in [-0.4, -0.2) is 65.9 Å². The molecule has 3 aromatic rings. The number of anilines is 1. The van der Waals surface area contributed by atoms with Gasteiger partial charge >= 0.3 is 6.01 Å². The van der Waals surface area contributed by atoms with Gasteiger partial charge in [-0.05, 0) is 62.7 Å². The number of likely N-dealkylation sites (N-methyl/N-ethyl adjacent to an activating group) is 1. The Morgan fingerprint density at radius 1 is 1.29 bits per heavy atom. The van der Waals surface area contributed by atoms with E-state index in [1.807, 2.05) is 19.2 Å². The van der Waals surface area contributed by atoms with Crippen molar-refractivity contribution in [2.24, 2.45) is 0 Å². The molecule has 2 aromatic carbocycles. The van der Waals surface area contributed by atoms with Crippen molar-refractivity contribution in [2.75, 3.05) is 44.4 Å². The van der Waals surface area contributed by atoms with E-state index in [2.05, 4.69) is 32.1 Å². The predicted octanol–water partition coefficient (Wildman–Crippen LogP) is 4.80. The summed E-state index contributed by atoms with van der Waals surface area (Å²) in [5.41, 5.74) is 1.55. The van der Waals surface area contributed by atoms with Gasteiger partial charge in [0.2, 0.25) is 5.91 Å². The Bertz CT molecular complexity index is 1370. The predicted molar refractivity (Wildman–Crippen MR) is 147 cm³/mol. The second kappa shape index (κ2) is 11.7. The van der Waals surface area contributed by atoms with Crippen LogP contribution >= 0.6 is 11.8 Å². The zero-order valence-electron chi connectivity index (χ0n) is 21.4. The van der Waals surface area contributed by atoms with Crippen LogP contribution in [0.5, 0.6) is 6.01 Å². The number of aryl methyl sites for hydroxylation is 1. The number of halogens is 2. The Morgan fingerprint density at radius 2 is 2.16 bits per heavy atom.